The minimum Gasteiger partial charge on any atom is -0.299 e. The first kappa shape index (κ1) is 19.6. The lowest BCUT2D eigenvalue weighted by Gasteiger charge is -2.28. The van der Waals surface area contributed by atoms with Crippen LogP contribution in [-0.2, 0) is 23.0 Å². The van der Waals surface area contributed by atoms with Gasteiger partial charge in [-0.25, -0.2) is 13.1 Å². The van der Waals surface area contributed by atoms with E-state index in [1.165, 1.54) is 29.3 Å². The van der Waals surface area contributed by atoms with Crippen LogP contribution in [0, 0.1) is 0 Å². The SMILES string of the molecule is O=S(=O)(NCCCCN1CCc2ccccc2C1)c1ccc(Cl)cc1Cl. The predicted octanol–water partition coefficient (Wildman–Crippen LogP) is 4.11. The van der Waals surface area contributed by atoms with Crippen LogP contribution in [0.5, 0.6) is 0 Å². The van der Waals surface area contributed by atoms with E-state index in [2.05, 4.69) is 33.9 Å². The quantitative estimate of drug-likeness (QED) is 0.695. The van der Waals surface area contributed by atoms with Gasteiger partial charge in [0.2, 0.25) is 10.0 Å². The minimum atomic E-state index is -3.61. The van der Waals surface area contributed by atoms with Gasteiger partial charge in [0, 0.05) is 24.7 Å². The molecule has 1 N–H and O–H groups in total. The van der Waals surface area contributed by atoms with E-state index >= 15 is 0 Å². The number of nitrogens with one attached hydrogen (secondary N) is 1. The van der Waals surface area contributed by atoms with Crippen LogP contribution in [0.2, 0.25) is 10.0 Å². The summed E-state index contributed by atoms with van der Waals surface area (Å²) in [6, 6.07) is 12.9. The number of benzene rings is 2. The first-order valence-corrected chi connectivity index (χ1v) is 10.9. The van der Waals surface area contributed by atoms with E-state index in [4.69, 9.17) is 23.2 Å². The number of hydrogen-bond acceptors (Lipinski definition) is 3. The fourth-order valence-electron chi connectivity index (χ4n) is 3.18. The van der Waals surface area contributed by atoms with Crippen LogP contribution in [0.1, 0.15) is 24.0 Å². The van der Waals surface area contributed by atoms with Gasteiger partial charge in [0.25, 0.3) is 0 Å². The van der Waals surface area contributed by atoms with Crippen molar-refractivity contribution in [1.82, 2.24) is 9.62 Å². The number of rotatable bonds is 7. The molecule has 0 amide bonds. The maximum absolute atomic E-state index is 12.3. The van der Waals surface area contributed by atoms with Gasteiger partial charge in [-0.15, -0.1) is 0 Å². The lowest BCUT2D eigenvalue weighted by Crippen LogP contribution is -2.32. The van der Waals surface area contributed by atoms with E-state index in [9.17, 15) is 8.42 Å². The van der Waals surface area contributed by atoms with Crippen LogP contribution in [0.4, 0.5) is 0 Å². The summed E-state index contributed by atoms with van der Waals surface area (Å²) in [5, 5.41) is 0.550. The van der Waals surface area contributed by atoms with Crippen LogP contribution < -0.4 is 4.72 Å². The summed E-state index contributed by atoms with van der Waals surface area (Å²) in [4.78, 5) is 2.49. The van der Waals surface area contributed by atoms with Crippen molar-refractivity contribution in [3.63, 3.8) is 0 Å². The topological polar surface area (TPSA) is 49.4 Å². The van der Waals surface area contributed by atoms with Crippen molar-refractivity contribution in [3.05, 3.63) is 63.6 Å². The standard InChI is InChI=1S/C19H22Cl2N2O2S/c20-17-7-8-19(18(21)13-17)26(24,25)22-10-3-4-11-23-12-9-15-5-1-2-6-16(15)14-23/h1-2,5-8,13,22H,3-4,9-12,14H2. The van der Waals surface area contributed by atoms with Crippen molar-refractivity contribution in [2.24, 2.45) is 0 Å². The molecule has 0 saturated heterocycles. The molecular formula is C19H22Cl2N2O2S. The van der Waals surface area contributed by atoms with Gasteiger partial charge < -0.3 is 0 Å². The molecule has 0 atom stereocenters. The molecule has 0 spiro atoms. The molecule has 2 aromatic carbocycles. The number of nitrogens with zero attached hydrogens (tertiary/aromatic N) is 1. The van der Waals surface area contributed by atoms with Crippen molar-refractivity contribution in [3.8, 4) is 0 Å². The van der Waals surface area contributed by atoms with Gasteiger partial charge in [-0.3, -0.25) is 4.90 Å². The minimum absolute atomic E-state index is 0.0659. The van der Waals surface area contributed by atoms with Gasteiger partial charge in [-0.2, -0.15) is 0 Å². The Morgan fingerprint density at radius 3 is 2.58 bits per heavy atom. The van der Waals surface area contributed by atoms with E-state index < -0.39 is 10.0 Å². The molecule has 140 valence electrons. The largest absolute Gasteiger partial charge is 0.299 e. The maximum Gasteiger partial charge on any atom is 0.242 e. The van der Waals surface area contributed by atoms with Crippen molar-refractivity contribution < 1.29 is 8.42 Å². The van der Waals surface area contributed by atoms with Crippen molar-refractivity contribution >= 4 is 33.2 Å². The third kappa shape index (κ3) is 4.99. The zero-order valence-electron chi connectivity index (χ0n) is 14.4. The number of unbranched alkanes of at least 4 members (excludes halogenated alkanes) is 1. The average Bonchev–Trinajstić information content (AvgIpc) is 2.61. The summed E-state index contributed by atoms with van der Waals surface area (Å²) in [6.07, 6.45) is 2.81. The predicted molar refractivity (Wildman–Crippen MR) is 106 cm³/mol. The Hall–Kier alpha value is -1.11. The van der Waals surface area contributed by atoms with Gasteiger partial charge in [0.05, 0.1) is 5.02 Å². The molecule has 0 unspecified atom stereocenters. The Balaban J connectivity index is 1.43. The maximum atomic E-state index is 12.3. The molecule has 1 heterocycles. The molecule has 1 aliphatic rings. The van der Waals surface area contributed by atoms with E-state index in [-0.39, 0.29) is 9.92 Å². The first-order chi connectivity index (χ1) is 12.5. The lowest BCUT2D eigenvalue weighted by atomic mass is 10.00. The average molecular weight is 413 g/mol. The summed E-state index contributed by atoms with van der Waals surface area (Å²) >= 11 is 11.8. The molecule has 3 rings (SSSR count). The highest BCUT2D eigenvalue weighted by atomic mass is 35.5. The molecule has 0 bridgehead atoms. The molecule has 0 fully saturated rings. The Bertz CT molecular complexity index is 872. The highest BCUT2D eigenvalue weighted by molar-refractivity contribution is 7.89. The summed E-state index contributed by atoms with van der Waals surface area (Å²) in [5.74, 6) is 0. The van der Waals surface area contributed by atoms with Crippen LogP contribution in [-0.4, -0.2) is 33.0 Å². The molecule has 0 radical (unpaired) electrons. The fourth-order valence-corrected chi connectivity index (χ4v) is 5.03. The third-order valence-corrected chi connectivity index (χ3v) is 6.77. The van der Waals surface area contributed by atoms with Crippen LogP contribution in [0.3, 0.4) is 0 Å². The summed E-state index contributed by atoms with van der Waals surface area (Å²) in [7, 11) is -3.61. The number of fused-ring (bicyclic) bond motifs is 1. The molecule has 7 heteroatoms. The summed E-state index contributed by atoms with van der Waals surface area (Å²) < 4.78 is 27.2. The molecule has 4 nitrogen and oxygen atoms in total. The molecule has 26 heavy (non-hydrogen) atoms. The Morgan fingerprint density at radius 1 is 1.04 bits per heavy atom. The Kier molecular flexibility index (Phi) is 6.59. The first-order valence-electron chi connectivity index (χ1n) is 8.69. The fraction of sp³-hybridized carbons (Fsp3) is 0.368. The molecule has 0 saturated carbocycles. The van der Waals surface area contributed by atoms with Crippen LogP contribution in [0.15, 0.2) is 47.4 Å². The molecule has 0 aliphatic carbocycles. The lowest BCUT2D eigenvalue weighted by molar-refractivity contribution is 0.249. The van der Waals surface area contributed by atoms with E-state index in [0.717, 1.165) is 38.9 Å². The van der Waals surface area contributed by atoms with Crippen LogP contribution >= 0.6 is 23.2 Å². The number of halogens is 2. The number of hydrogen-bond donors (Lipinski definition) is 1. The van der Waals surface area contributed by atoms with Gasteiger partial charge in [-0.1, -0.05) is 47.5 Å². The molecular weight excluding hydrogens is 391 g/mol. The van der Waals surface area contributed by atoms with Crippen molar-refractivity contribution in [2.45, 2.75) is 30.7 Å². The van der Waals surface area contributed by atoms with Gasteiger partial charge in [-0.05, 0) is 55.1 Å². The Labute approximate surface area is 165 Å². The van der Waals surface area contributed by atoms with Crippen molar-refractivity contribution in [1.29, 1.82) is 0 Å². The molecule has 1 aliphatic heterocycles. The van der Waals surface area contributed by atoms with Gasteiger partial charge >= 0.3 is 0 Å². The monoisotopic (exact) mass is 412 g/mol. The second-order valence-electron chi connectivity index (χ2n) is 6.47. The summed E-state index contributed by atoms with van der Waals surface area (Å²) in [5.41, 5.74) is 2.84. The molecule has 0 aromatic heterocycles. The normalized spacial score (nSPS) is 15.0. The number of sulfonamides is 1. The highest BCUT2D eigenvalue weighted by Gasteiger charge is 2.18. The Morgan fingerprint density at radius 2 is 1.81 bits per heavy atom. The highest BCUT2D eigenvalue weighted by Crippen LogP contribution is 2.24. The van der Waals surface area contributed by atoms with Crippen LogP contribution in [0.25, 0.3) is 0 Å². The molecule has 2 aromatic rings. The smallest absolute Gasteiger partial charge is 0.242 e. The third-order valence-electron chi connectivity index (χ3n) is 4.59. The van der Waals surface area contributed by atoms with Gasteiger partial charge in [0.15, 0.2) is 0 Å². The van der Waals surface area contributed by atoms with Gasteiger partial charge in [0.1, 0.15) is 4.90 Å². The second-order valence-corrected chi connectivity index (χ2v) is 9.05. The van der Waals surface area contributed by atoms with E-state index in [1.807, 2.05) is 0 Å². The van der Waals surface area contributed by atoms with E-state index in [1.54, 1.807) is 0 Å². The second kappa shape index (κ2) is 8.72. The summed E-state index contributed by atoms with van der Waals surface area (Å²) in [6.45, 7) is 3.40. The van der Waals surface area contributed by atoms with E-state index in [0.29, 0.717) is 11.6 Å². The van der Waals surface area contributed by atoms with Crippen molar-refractivity contribution in [2.75, 3.05) is 19.6 Å². The zero-order chi connectivity index (χ0) is 18.6. The zero-order valence-corrected chi connectivity index (χ0v) is 16.7.